The van der Waals surface area contributed by atoms with E-state index in [9.17, 15) is 4.79 Å². The molecule has 0 radical (unpaired) electrons. The van der Waals surface area contributed by atoms with E-state index in [4.69, 9.17) is 5.73 Å². The molecule has 2 aromatic carbocycles. The Bertz CT molecular complexity index is 735. The van der Waals surface area contributed by atoms with Gasteiger partial charge in [0, 0.05) is 11.1 Å². The second-order valence-corrected chi connectivity index (χ2v) is 7.22. The predicted octanol–water partition coefficient (Wildman–Crippen LogP) is 2.49. The minimum Gasteiger partial charge on any atom is -0.350 e. The molecule has 5 N–H and O–H groups in total. The van der Waals surface area contributed by atoms with Crippen LogP contribution in [0.4, 0.5) is 4.79 Å². The van der Waals surface area contributed by atoms with Crippen LogP contribution >= 0.6 is 0 Å². The second-order valence-electron chi connectivity index (χ2n) is 7.22. The van der Waals surface area contributed by atoms with Crippen molar-refractivity contribution in [3.05, 3.63) is 71.8 Å². The molecule has 2 bridgehead atoms. The van der Waals surface area contributed by atoms with Crippen LogP contribution in [-0.4, -0.2) is 11.7 Å². The molecule has 0 spiro atoms. The van der Waals surface area contributed by atoms with Crippen molar-refractivity contribution in [2.75, 3.05) is 0 Å². The number of quaternary nitrogens is 1. The first-order chi connectivity index (χ1) is 12.7. The van der Waals surface area contributed by atoms with Crippen LogP contribution in [0.2, 0.25) is 0 Å². The maximum atomic E-state index is 11.3. The van der Waals surface area contributed by atoms with Gasteiger partial charge in [0.05, 0.1) is 17.5 Å². The summed E-state index contributed by atoms with van der Waals surface area (Å²) in [5, 5.41) is 6.99. The van der Waals surface area contributed by atoms with Gasteiger partial charge in [-0.25, -0.2) is 10.2 Å². The SMILES string of the molecule is NC(=O)NN=C1[C@H]2CCC[C@@H]1[C@H](c1ccccc1)[NH2+][C@H]2c1ccccc1. The van der Waals surface area contributed by atoms with Crippen LogP contribution in [0.5, 0.6) is 0 Å². The summed E-state index contributed by atoms with van der Waals surface area (Å²) in [6.45, 7) is 0. The van der Waals surface area contributed by atoms with Crippen molar-refractivity contribution in [2.45, 2.75) is 31.3 Å². The number of piperidine rings is 1. The third-order valence-electron chi connectivity index (χ3n) is 5.74. The van der Waals surface area contributed by atoms with Gasteiger partial charge in [-0.1, -0.05) is 67.1 Å². The molecule has 4 atom stereocenters. The number of rotatable bonds is 3. The molecule has 2 aromatic rings. The van der Waals surface area contributed by atoms with Crippen molar-refractivity contribution in [1.82, 2.24) is 5.43 Å². The monoisotopic (exact) mass is 349 g/mol. The molecule has 134 valence electrons. The third kappa shape index (κ3) is 3.22. The van der Waals surface area contributed by atoms with Gasteiger partial charge in [-0.15, -0.1) is 0 Å². The molecule has 5 heteroatoms. The number of carbonyl (C=O) groups is 1. The van der Waals surface area contributed by atoms with Crippen LogP contribution < -0.4 is 16.5 Å². The summed E-state index contributed by atoms with van der Waals surface area (Å²) in [5.74, 6) is 0.644. The molecule has 2 aliphatic rings. The Kier molecular flexibility index (Phi) is 4.71. The lowest BCUT2D eigenvalue weighted by Crippen LogP contribution is -2.92. The summed E-state index contributed by atoms with van der Waals surface area (Å²) in [6, 6.07) is 21.2. The molecule has 0 unspecified atom stereocenters. The number of hydrogen-bond acceptors (Lipinski definition) is 2. The first-order valence-electron chi connectivity index (χ1n) is 9.32. The third-order valence-corrected chi connectivity index (χ3v) is 5.74. The van der Waals surface area contributed by atoms with Gasteiger partial charge in [0.25, 0.3) is 0 Å². The van der Waals surface area contributed by atoms with E-state index in [1.165, 1.54) is 17.5 Å². The molecule has 1 heterocycles. The topological polar surface area (TPSA) is 84.1 Å². The Hall–Kier alpha value is -2.66. The fourth-order valence-electron chi connectivity index (χ4n) is 4.67. The second kappa shape index (κ2) is 7.30. The average molecular weight is 349 g/mol. The van der Waals surface area contributed by atoms with Crippen LogP contribution in [0.25, 0.3) is 0 Å². The highest BCUT2D eigenvalue weighted by molar-refractivity contribution is 5.92. The molecule has 1 aliphatic carbocycles. The van der Waals surface area contributed by atoms with E-state index in [0.717, 1.165) is 18.6 Å². The number of hydrazone groups is 1. The largest absolute Gasteiger partial charge is 0.350 e. The van der Waals surface area contributed by atoms with Gasteiger partial charge in [-0.2, -0.15) is 5.10 Å². The molecule has 2 fully saturated rings. The maximum Gasteiger partial charge on any atom is 0.332 e. The number of nitrogens with zero attached hydrogens (tertiary/aromatic N) is 1. The zero-order valence-electron chi connectivity index (χ0n) is 14.7. The number of benzene rings is 2. The predicted molar refractivity (Wildman–Crippen MR) is 101 cm³/mol. The van der Waals surface area contributed by atoms with Crippen LogP contribution in [0.1, 0.15) is 42.5 Å². The highest BCUT2D eigenvalue weighted by Crippen LogP contribution is 2.42. The first-order valence-corrected chi connectivity index (χ1v) is 9.32. The molecular weight excluding hydrogens is 324 g/mol. The van der Waals surface area contributed by atoms with Crippen molar-refractivity contribution >= 4 is 11.7 Å². The first kappa shape index (κ1) is 16.8. The molecule has 26 heavy (non-hydrogen) atoms. The number of nitrogens with one attached hydrogen (secondary N) is 1. The number of fused-ring (bicyclic) bond motifs is 2. The number of primary amides is 1. The number of hydrogen-bond donors (Lipinski definition) is 3. The van der Waals surface area contributed by atoms with Gasteiger partial charge < -0.3 is 11.1 Å². The molecule has 1 saturated heterocycles. The zero-order valence-corrected chi connectivity index (χ0v) is 14.7. The average Bonchev–Trinajstić information content (AvgIpc) is 2.68. The van der Waals surface area contributed by atoms with E-state index in [-0.39, 0.29) is 0 Å². The van der Waals surface area contributed by atoms with Crippen molar-refractivity contribution in [3.8, 4) is 0 Å². The van der Waals surface area contributed by atoms with Crippen LogP contribution in [0.15, 0.2) is 65.8 Å². The van der Waals surface area contributed by atoms with Gasteiger partial charge in [0.2, 0.25) is 0 Å². The lowest BCUT2D eigenvalue weighted by molar-refractivity contribution is -0.749. The fraction of sp³-hybridized carbons (Fsp3) is 0.333. The summed E-state index contributed by atoms with van der Waals surface area (Å²) in [5.41, 5.74) is 11.5. The Morgan fingerprint density at radius 3 is 1.88 bits per heavy atom. The Balaban J connectivity index is 1.76. The minimum absolute atomic E-state index is 0.298. The number of amides is 2. The summed E-state index contributed by atoms with van der Waals surface area (Å²) in [7, 11) is 0. The van der Waals surface area contributed by atoms with E-state index < -0.39 is 6.03 Å². The standard InChI is InChI=1S/C21H24N4O/c22-21(26)25-24-20-16-12-7-13-17(20)19(15-10-5-2-6-11-15)23-18(16)14-8-3-1-4-9-14/h1-6,8-11,16-19,23H,7,12-13H2,(H3,22,25,26)/p+1/t16-,17+,18-,19-/m0/s1. The zero-order chi connectivity index (χ0) is 17.9. The van der Waals surface area contributed by atoms with E-state index in [0.29, 0.717) is 23.9 Å². The van der Waals surface area contributed by atoms with Gasteiger partial charge in [-0.3, -0.25) is 0 Å². The molecule has 2 amide bonds. The van der Waals surface area contributed by atoms with E-state index >= 15 is 0 Å². The van der Waals surface area contributed by atoms with Crippen molar-refractivity contribution in [1.29, 1.82) is 0 Å². The maximum absolute atomic E-state index is 11.3. The lowest BCUT2D eigenvalue weighted by Gasteiger charge is -2.44. The number of carbonyl (C=O) groups excluding carboxylic acids is 1. The summed E-state index contributed by atoms with van der Waals surface area (Å²) in [6.07, 6.45) is 3.37. The highest BCUT2D eigenvalue weighted by atomic mass is 16.2. The Morgan fingerprint density at radius 2 is 1.42 bits per heavy atom. The number of urea groups is 1. The normalized spacial score (nSPS) is 29.3. The summed E-state index contributed by atoms with van der Waals surface area (Å²) >= 11 is 0. The molecule has 4 rings (SSSR count). The van der Waals surface area contributed by atoms with E-state index in [2.05, 4.69) is 64.4 Å². The van der Waals surface area contributed by atoms with Crippen molar-refractivity contribution < 1.29 is 10.1 Å². The van der Waals surface area contributed by atoms with Crippen molar-refractivity contribution in [3.63, 3.8) is 0 Å². The van der Waals surface area contributed by atoms with Gasteiger partial charge in [0.15, 0.2) is 0 Å². The summed E-state index contributed by atoms with van der Waals surface area (Å²) in [4.78, 5) is 11.3. The van der Waals surface area contributed by atoms with Crippen LogP contribution in [0, 0.1) is 11.8 Å². The molecule has 0 aromatic heterocycles. The van der Waals surface area contributed by atoms with Crippen LogP contribution in [0.3, 0.4) is 0 Å². The lowest BCUT2D eigenvalue weighted by atomic mass is 9.67. The van der Waals surface area contributed by atoms with E-state index in [1.54, 1.807) is 0 Å². The fourth-order valence-corrected chi connectivity index (χ4v) is 4.67. The van der Waals surface area contributed by atoms with Gasteiger partial charge in [-0.05, 0) is 12.8 Å². The molecule has 1 saturated carbocycles. The van der Waals surface area contributed by atoms with Crippen LogP contribution in [-0.2, 0) is 0 Å². The Morgan fingerprint density at radius 1 is 0.923 bits per heavy atom. The highest BCUT2D eigenvalue weighted by Gasteiger charge is 2.48. The summed E-state index contributed by atoms with van der Waals surface area (Å²) < 4.78 is 0. The molecular formula is C21H25N4O+. The van der Waals surface area contributed by atoms with Gasteiger partial charge in [0.1, 0.15) is 12.1 Å². The molecule has 5 nitrogen and oxygen atoms in total. The number of nitrogens with two attached hydrogens (primary N) is 2. The molecule has 1 aliphatic heterocycles. The van der Waals surface area contributed by atoms with Gasteiger partial charge >= 0.3 is 6.03 Å². The smallest absolute Gasteiger partial charge is 0.332 e. The minimum atomic E-state index is -0.599. The Labute approximate surface area is 153 Å². The quantitative estimate of drug-likeness (QED) is 0.731. The van der Waals surface area contributed by atoms with E-state index in [1.807, 2.05) is 12.1 Å². The van der Waals surface area contributed by atoms with Crippen molar-refractivity contribution in [2.24, 2.45) is 22.7 Å².